The fourth-order valence-corrected chi connectivity index (χ4v) is 9.56. The third-order valence-electron chi connectivity index (χ3n) is 12.9. The summed E-state index contributed by atoms with van der Waals surface area (Å²) in [6.45, 7) is 10.9. The van der Waals surface area contributed by atoms with Gasteiger partial charge < -0.3 is 13.9 Å². The summed E-state index contributed by atoms with van der Waals surface area (Å²) in [6, 6.07) is 67.0. The van der Waals surface area contributed by atoms with Gasteiger partial charge in [0.05, 0.1) is 11.0 Å². The number of fused-ring (bicyclic) bond motifs is 7. The van der Waals surface area contributed by atoms with Gasteiger partial charge in [-0.1, -0.05) is 171 Å². The average Bonchev–Trinajstić information content (AvgIpc) is 3.93. The molecule has 0 aliphatic heterocycles. The van der Waals surface area contributed by atoms with Crippen molar-refractivity contribution in [2.75, 3.05) is 4.90 Å². The maximum absolute atomic E-state index is 6.24. The van der Waals surface area contributed by atoms with Crippen molar-refractivity contribution in [1.82, 2.24) is 4.57 Å². The minimum absolute atomic E-state index is 0.850. The quantitative estimate of drug-likeness (QED) is 0.135. The van der Waals surface area contributed by atoms with Gasteiger partial charge in [0.2, 0.25) is 0 Å². The van der Waals surface area contributed by atoms with E-state index in [1.165, 1.54) is 33.0 Å². The molecule has 0 saturated carbocycles. The van der Waals surface area contributed by atoms with Crippen LogP contribution in [0.2, 0.25) is 0 Å². The molecule has 0 N–H and O–H groups in total. The maximum Gasteiger partial charge on any atom is 0.135 e. The summed E-state index contributed by atoms with van der Waals surface area (Å²) >= 11 is 0. The fourth-order valence-electron chi connectivity index (χ4n) is 9.56. The number of furan rings is 1. The molecular weight excluding hydrogens is 813 g/mol. The Hall–Kier alpha value is -8.66. The Kier molecular flexibility index (Phi) is 10.9. The van der Waals surface area contributed by atoms with Gasteiger partial charge >= 0.3 is 0 Å². The van der Waals surface area contributed by atoms with Crippen LogP contribution in [0, 0.1) is 0 Å². The highest BCUT2D eigenvalue weighted by Crippen LogP contribution is 2.42. The molecule has 2 heterocycles. The number of hydrogen-bond acceptors (Lipinski definition) is 2. The minimum Gasteiger partial charge on any atom is -0.456 e. The number of benzene rings is 8. The zero-order valence-corrected chi connectivity index (χ0v) is 37.4. The standard InChI is InChI=1S/C64H48N2O/c1-4-52(36-32-45(3)46-17-6-5-7-18-46)65(53-37-34-49(35-38-53)50-22-14-21-47-19-8-9-20-48(47)33-31-44(2)41-50)54-24-15-23-51(42-54)56-27-16-29-61-64(56)58-26-10-12-28-60(58)66(61)55-39-40-63-59(43-55)57-25-11-13-30-62(57)67-63/h4-20,22-43H,1-2,21H2,3H3/b22-14?,33-31-,45-32+,50-41?,52-36+. The first-order valence-corrected chi connectivity index (χ1v) is 22.9. The van der Waals surface area contributed by atoms with Crippen LogP contribution < -0.4 is 4.90 Å². The predicted octanol–water partition coefficient (Wildman–Crippen LogP) is 17.4. The van der Waals surface area contributed by atoms with Gasteiger partial charge in [0, 0.05) is 44.3 Å². The summed E-state index contributed by atoms with van der Waals surface area (Å²) < 4.78 is 8.63. The van der Waals surface area contributed by atoms with Crippen molar-refractivity contribution in [3.8, 4) is 16.8 Å². The zero-order chi connectivity index (χ0) is 45.3. The molecule has 8 aromatic carbocycles. The molecule has 320 valence electrons. The van der Waals surface area contributed by atoms with E-state index in [1.54, 1.807) is 0 Å². The van der Waals surface area contributed by atoms with Crippen molar-refractivity contribution >= 4 is 72.3 Å². The van der Waals surface area contributed by atoms with Crippen LogP contribution in [0.25, 0.3) is 77.8 Å². The topological polar surface area (TPSA) is 21.3 Å². The van der Waals surface area contributed by atoms with Crippen LogP contribution in [0.3, 0.4) is 0 Å². The summed E-state index contributed by atoms with van der Waals surface area (Å²) in [4.78, 5) is 2.30. The molecule has 0 saturated heterocycles. The molecule has 1 aliphatic rings. The summed E-state index contributed by atoms with van der Waals surface area (Å²) in [7, 11) is 0. The van der Waals surface area contributed by atoms with Gasteiger partial charge in [0.15, 0.2) is 0 Å². The highest BCUT2D eigenvalue weighted by atomic mass is 16.3. The summed E-state index contributed by atoms with van der Waals surface area (Å²) in [5.74, 6) is 0. The average molecular weight is 861 g/mol. The minimum atomic E-state index is 0.850. The van der Waals surface area contributed by atoms with Crippen LogP contribution in [-0.2, 0) is 6.42 Å². The second-order valence-electron chi connectivity index (χ2n) is 17.1. The van der Waals surface area contributed by atoms with Crippen molar-refractivity contribution < 1.29 is 4.42 Å². The van der Waals surface area contributed by atoms with E-state index in [4.69, 9.17) is 4.42 Å². The molecule has 67 heavy (non-hydrogen) atoms. The third kappa shape index (κ3) is 7.87. The molecule has 0 spiro atoms. The summed E-state index contributed by atoms with van der Waals surface area (Å²) in [5.41, 5.74) is 18.5. The zero-order valence-electron chi connectivity index (χ0n) is 37.4. The van der Waals surface area contributed by atoms with Gasteiger partial charge in [-0.3, -0.25) is 0 Å². The van der Waals surface area contributed by atoms with E-state index in [0.717, 1.165) is 90.0 Å². The molecule has 2 aromatic heterocycles. The van der Waals surface area contributed by atoms with Gasteiger partial charge in [0.1, 0.15) is 11.2 Å². The Labute approximate surface area is 391 Å². The van der Waals surface area contributed by atoms with E-state index in [-0.39, 0.29) is 0 Å². The molecule has 0 unspecified atom stereocenters. The Morgan fingerprint density at radius 1 is 0.597 bits per heavy atom. The number of allylic oxidation sites excluding steroid dienone is 10. The van der Waals surface area contributed by atoms with Crippen molar-refractivity contribution in [1.29, 1.82) is 0 Å². The highest BCUT2D eigenvalue weighted by molar-refractivity contribution is 6.16. The molecule has 0 fully saturated rings. The van der Waals surface area contributed by atoms with Crippen molar-refractivity contribution in [3.05, 3.63) is 277 Å². The van der Waals surface area contributed by atoms with E-state index >= 15 is 0 Å². The number of rotatable bonds is 9. The van der Waals surface area contributed by atoms with Gasteiger partial charge in [-0.05, 0) is 142 Å². The first kappa shape index (κ1) is 41.1. The van der Waals surface area contributed by atoms with Crippen LogP contribution in [0.5, 0.6) is 0 Å². The number of para-hydroxylation sites is 2. The van der Waals surface area contributed by atoms with Gasteiger partial charge in [-0.25, -0.2) is 0 Å². The van der Waals surface area contributed by atoms with E-state index in [1.807, 2.05) is 18.2 Å². The van der Waals surface area contributed by atoms with E-state index in [0.29, 0.717) is 0 Å². The molecule has 0 atom stereocenters. The Morgan fingerprint density at radius 2 is 1.34 bits per heavy atom. The van der Waals surface area contributed by atoms with E-state index < -0.39 is 0 Å². The monoisotopic (exact) mass is 860 g/mol. The van der Waals surface area contributed by atoms with Crippen LogP contribution in [0.1, 0.15) is 29.2 Å². The second kappa shape index (κ2) is 17.7. The molecule has 0 bridgehead atoms. The summed E-state index contributed by atoms with van der Waals surface area (Å²) in [5, 5.41) is 4.62. The van der Waals surface area contributed by atoms with Crippen LogP contribution in [0.4, 0.5) is 11.4 Å². The molecule has 1 aliphatic carbocycles. The first-order valence-electron chi connectivity index (χ1n) is 22.9. The first-order chi connectivity index (χ1) is 33.0. The van der Waals surface area contributed by atoms with Crippen LogP contribution in [-0.4, -0.2) is 4.57 Å². The van der Waals surface area contributed by atoms with Crippen LogP contribution in [0.15, 0.2) is 259 Å². The van der Waals surface area contributed by atoms with Crippen molar-refractivity contribution in [2.24, 2.45) is 0 Å². The fraction of sp³-hybridized carbons (Fsp3) is 0.0312. The van der Waals surface area contributed by atoms with Crippen molar-refractivity contribution in [2.45, 2.75) is 13.3 Å². The Morgan fingerprint density at radius 3 is 2.21 bits per heavy atom. The van der Waals surface area contributed by atoms with Gasteiger partial charge in [-0.2, -0.15) is 0 Å². The number of anilines is 2. The normalized spacial score (nSPS) is 13.8. The molecule has 3 heteroatoms. The molecule has 3 nitrogen and oxygen atoms in total. The molecule has 10 aromatic rings. The Bertz CT molecular complexity index is 3700. The SMILES string of the molecule is C=C/C(=C\C=C(/C)c1ccccc1)N(c1ccc(C2=CC(=C)/C=C\c3ccccc3CC=C2)cc1)c1cccc(-c2cccc3c2c2ccccc2n3-c2ccc3oc4ccccc4c3c2)c1. The lowest BCUT2D eigenvalue weighted by Crippen LogP contribution is -2.15. The molecule has 0 radical (unpaired) electrons. The van der Waals surface area contributed by atoms with Gasteiger partial charge in [0.25, 0.3) is 0 Å². The van der Waals surface area contributed by atoms with Crippen molar-refractivity contribution in [3.63, 3.8) is 0 Å². The lowest BCUT2D eigenvalue weighted by atomic mass is 9.97. The van der Waals surface area contributed by atoms with Crippen LogP contribution >= 0.6 is 0 Å². The van der Waals surface area contributed by atoms with E-state index in [2.05, 4.69) is 248 Å². The Balaban J connectivity index is 1.02. The number of hydrogen-bond donors (Lipinski definition) is 0. The molecule has 11 rings (SSSR count). The largest absolute Gasteiger partial charge is 0.456 e. The molecular formula is C64H48N2O. The van der Waals surface area contributed by atoms with E-state index in [9.17, 15) is 0 Å². The number of aromatic nitrogens is 1. The highest BCUT2D eigenvalue weighted by Gasteiger charge is 2.20. The summed E-state index contributed by atoms with van der Waals surface area (Å²) in [6.07, 6.45) is 18.1. The molecule has 0 amide bonds. The smallest absolute Gasteiger partial charge is 0.135 e. The maximum atomic E-state index is 6.24. The predicted molar refractivity (Wildman–Crippen MR) is 286 cm³/mol. The lowest BCUT2D eigenvalue weighted by Gasteiger charge is -2.27. The van der Waals surface area contributed by atoms with Gasteiger partial charge in [-0.15, -0.1) is 0 Å². The number of nitrogens with zero attached hydrogens (tertiary/aromatic N) is 2. The lowest BCUT2D eigenvalue weighted by molar-refractivity contribution is 0.669. The second-order valence-corrected chi connectivity index (χ2v) is 17.1. The third-order valence-corrected chi connectivity index (χ3v) is 12.9.